The molecule has 9 rings (SSSR count). The lowest BCUT2D eigenvalue weighted by atomic mass is 9.89. The number of carbonyl (C=O) groups excluding carboxylic acids is 3. The van der Waals surface area contributed by atoms with E-state index in [1.807, 2.05) is 48.6 Å². The maximum atomic E-state index is 15.8. The van der Waals surface area contributed by atoms with Gasteiger partial charge in [-0.25, -0.2) is 8.78 Å². The molecule has 3 amide bonds. The monoisotopic (exact) mass is 990 g/mol. The van der Waals surface area contributed by atoms with Crippen molar-refractivity contribution in [3.05, 3.63) is 153 Å². The van der Waals surface area contributed by atoms with Crippen LogP contribution in [0.5, 0.6) is 11.5 Å². The van der Waals surface area contributed by atoms with Crippen molar-refractivity contribution in [2.75, 3.05) is 64.5 Å². The number of likely N-dealkylation sites (N-methyl/N-ethyl adjacent to an activating group) is 1. The molecule has 5 heterocycles. The van der Waals surface area contributed by atoms with Crippen LogP contribution in [0.4, 0.5) is 20.2 Å². The fraction of sp³-hybridized carbons (Fsp3) is 0.379. The number of likely N-dealkylation sites (tertiary alicyclic amines) is 1. The average molecular weight is 991 g/mol. The van der Waals surface area contributed by atoms with Crippen molar-refractivity contribution >= 4 is 29.1 Å². The number of amides is 3. The number of halogens is 2. The van der Waals surface area contributed by atoms with Crippen molar-refractivity contribution in [1.29, 1.82) is 5.26 Å². The Morgan fingerprint density at radius 3 is 2.29 bits per heavy atom. The first-order valence-corrected chi connectivity index (χ1v) is 25.3. The number of fused-ring (bicyclic) bond motifs is 2. The molecule has 2 aromatic heterocycles. The van der Waals surface area contributed by atoms with Gasteiger partial charge in [-0.15, -0.1) is 0 Å². The summed E-state index contributed by atoms with van der Waals surface area (Å²) in [6, 6.07) is 28.8. The van der Waals surface area contributed by atoms with E-state index in [0.29, 0.717) is 89.1 Å². The number of phenols is 1. The van der Waals surface area contributed by atoms with Crippen molar-refractivity contribution in [3.8, 4) is 28.8 Å². The summed E-state index contributed by atoms with van der Waals surface area (Å²) in [4.78, 5) is 54.6. The van der Waals surface area contributed by atoms with Crippen LogP contribution in [-0.2, 0) is 51.2 Å². The minimum atomic E-state index is -0.548. The molecule has 0 aliphatic carbocycles. The number of benzene rings is 4. The number of phenolic OH excluding ortho intramolecular Hbond substituents is 1. The van der Waals surface area contributed by atoms with Crippen LogP contribution < -0.4 is 9.64 Å². The van der Waals surface area contributed by atoms with E-state index < -0.39 is 12.5 Å². The van der Waals surface area contributed by atoms with Crippen LogP contribution in [-0.4, -0.2) is 117 Å². The summed E-state index contributed by atoms with van der Waals surface area (Å²) >= 11 is 0. The third-order valence-electron chi connectivity index (χ3n) is 15.3. The number of hydrogen-bond donors (Lipinski definition) is 1. The molecule has 0 spiro atoms. The predicted molar refractivity (Wildman–Crippen MR) is 277 cm³/mol. The first kappa shape index (κ1) is 50.7. The molecule has 0 radical (unpaired) electrons. The normalized spacial score (nSPS) is 15.7. The summed E-state index contributed by atoms with van der Waals surface area (Å²) in [6.07, 6.45) is 4.48. The molecule has 1 fully saturated rings. The largest absolute Gasteiger partial charge is 0.508 e. The summed E-state index contributed by atoms with van der Waals surface area (Å²) in [7, 11) is 5.46. The standard InChI is InChI=1S/C58H64F2N8O5/c1-38-50(58(72)68(45-14-16-48(69)17-15-45)54-31-46(34-61)63(4)39(54)2)33-55(64(38)5)51-28-41-19-23-66(56(70)30-42-13-18-49(32-53(42)60)73-26-25-62(3)24-20-59)35-44(41)29-52(51)57(71)67-36-43-12-8-7-11-40(43)27-47(67)37-65-21-9-6-10-22-65/h7-8,11-18,28-29,31-33,47,69H,6,9-10,19-27,30,35-37H2,1-5H3/t47-/m0/s1. The van der Waals surface area contributed by atoms with E-state index >= 15 is 14.0 Å². The third-order valence-corrected chi connectivity index (χ3v) is 15.3. The fourth-order valence-electron chi connectivity index (χ4n) is 10.7. The molecular weight excluding hydrogens is 927 g/mol. The van der Waals surface area contributed by atoms with Crippen LogP contribution in [0.25, 0.3) is 11.3 Å². The Hall–Kier alpha value is -7.28. The fourth-order valence-corrected chi connectivity index (χ4v) is 10.7. The van der Waals surface area contributed by atoms with Gasteiger partial charge in [-0.05, 0) is 142 Å². The zero-order chi connectivity index (χ0) is 51.5. The minimum absolute atomic E-state index is 0.0439. The first-order chi connectivity index (χ1) is 35.2. The number of ether oxygens (including phenoxy) is 1. The van der Waals surface area contributed by atoms with E-state index in [9.17, 15) is 19.6 Å². The van der Waals surface area contributed by atoms with Crippen molar-refractivity contribution < 1.29 is 33.0 Å². The lowest BCUT2D eigenvalue weighted by molar-refractivity contribution is -0.131. The van der Waals surface area contributed by atoms with Gasteiger partial charge in [0.2, 0.25) is 5.91 Å². The Balaban J connectivity index is 1.08. The zero-order valence-corrected chi connectivity index (χ0v) is 42.5. The molecular formula is C58H64F2N8O5. The van der Waals surface area contributed by atoms with Crippen LogP contribution in [0.3, 0.4) is 0 Å². The molecule has 4 aromatic carbocycles. The van der Waals surface area contributed by atoms with Gasteiger partial charge in [0, 0.05) is 99.4 Å². The lowest BCUT2D eigenvalue weighted by Crippen LogP contribution is -2.51. The highest BCUT2D eigenvalue weighted by atomic mass is 19.1. The summed E-state index contributed by atoms with van der Waals surface area (Å²) in [5, 5.41) is 20.2. The molecule has 0 unspecified atom stereocenters. The van der Waals surface area contributed by atoms with Crippen molar-refractivity contribution in [3.63, 3.8) is 0 Å². The van der Waals surface area contributed by atoms with Gasteiger partial charge < -0.3 is 38.6 Å². The van der Waals surface area contributed by atoms with Crippen LogP contribution in [0.2, 0.25) is 0 Å². The number of rotatable bonds is 15. The highest BCUT2D eigenvalue weighted by molar-refractivity contribution is 6.13. The van der Waals surface area contributed by atoms with Crippen molar-refractivity contribution in [2.45, 2.75) is 71.5 Å². The molecule has 3 aliphatic rings. The molecule has 73 heavy (non-hydrogen) atoms. The molecule has 1 atom stereocenters. The van der Waals surface area contributed by atoms with Crippen molar-refractivity contribution in [1.82, 2.24) is 28.7 Å². The molecule has 1 N–H and O–H groups in total. The topological polar surface area (TPSA) is 131 Å². The number of nitrogens with zero attached hydrogens (tertiary/aromatic N) is 8. The molecule has 0 bridgehead atoms. The van der Waals surface area contributed by atoms with Gasteiger partial charge in [0.15, 0.2) is 0 Å². The first-order valence-electron chi connectivity index (χ1n) is 25.3. The number of piperidine rings is 1. The van der Waals surface area contributed by atoms with E-state index in [2.05, 4.69) is 35.2 Å². The summed E-state index contributed by atoms with van der Waals surface area (Å²) in [5.74, 6) is -0.910. The Bertz CT molecular complexity index is 3080. The van der Waals surface area contributed by atoms with Crippen molar-refractivity contribution in [2.24, 2.45) is 14.1 Å². The lowest BCUT2D eigenvalue weighted by Gasteiger charge is -2.41. The number of nitriles is 1. The van der Waals surface area contributed by atoms with Gasteiger partial charge in [0.1, 0.15) is 42.4 Å². The maximum Gasteiger partial charge on any atom is 0.264 e. The highest BCUT2D eigenvalue weighted by Gasteiger charge is 2.36. The molecule has 0 saturated carbocycles. The zero-order valence-electron chi connectivity index (χ0n) is 42.5. The Morgan fingerprint density at radius 2 is 1.58 bits per heavy atom. The highest BCUT2D eigenvalue weighted by Crippen LogP contribution is 2.39. The predicted octanol–water partition coefficient (Wildman–Crippen LogP) is 8.80. The average Bonchev–Trinajstić information content (AvgIpc) is 3.85. The smallest absolute Gasteiger partial charge is 0.264 e. The molecule has 15 heteroatoms. The SMILES string of the molecule is Cc1c(N(C(=O)c2cc(-c3cc4c(cc3C(=O)N3Cc5ccccc5C[C@H]3CN3CCCCC3)CN(C(=O)Cc3ccc(OCCN(C)CCF)cc3F)CC4)n(C)c2C)c2ccc(O)cc2)cc(C#N)n1C. The van der Waals surface area contributed by atoms with E-state index in [1.54, 1.807) is 63.7 Å². The number of anilines is 2. The van der Waals surface area contributed by atoms with E-state index in [4.69, 9.17) is 4.74 Å². The van der Waals surface area contributed by atoms with Crippen LogP contribution in [0.15, 0.2) is 91.0 Å². The van der Waals surface area contributed by atoms with Gasteiger partial charge in [-0.2, -0.15) is 5.26 Å². The summed E-state index contributed by atoms with van der Waals surface area (Å²) in [6.45, 7) is 8.04. The molecule has 3 aliphatic heterocycles. The van der Waals surface area contributed by atoms with Crippen LogP contribution in [0, 0.1) is 31.0 Å². The molecule has 1 saturated heterocycles. The van der Waals surface area contributed by atoms with E-state index in [1.165, 1.54) is 30.2 Å². The Kier molecular flexibility index (Phi) is 15.1. The van der Waals surface area contributed by atoms with Gasteiger partial charge in [0.25, 0.3) is 11.8 Å². The second kappa shape index (κ2) is 21.8. The van der Waals surface area contributed by atoms with Gasteiger partial charge in [0.05, 0.1) is 17.7 Å². The number of carbonyl (C=O) groups is 3. The van der Waals surface area contributed by atoms with Crippen LogP contribution in [0.1, 0.15) is 84.9 Å². The second-order valence-electron chi connectivity index (χ2n) is 19.8. The quantitative estimate of drug-likeness (QED) is 0.108. The summed E-state index contributed by atoms with van der Waals surface area (Å²) < 4.78 is 37.6. The number of aromatic nitrogens is 2. The number of hydrogen-bond acceptors (Lipinski definition) is 8. The second-order valence-corrected chi connectivity index (χ2v) is 19.8. The van der Waals surface area contributed by atoms with Gasteiger partial charge in [-0.3, -0.25) is 19.3 Å². The van der Waals surface area contributed by atoms with Gasteiger partial charge >= 0.3 is 0 Å². The number of alkyl halides is 1. The van der Waals surface area contributed by atoms with E-state index in [-0.39, 0.29) is 61.2 Å². The summed E-state index contributed by atoms with van der Waals surface area (Å²) in [5.41, 5.74) is 9.32. The van der Waals surface area contributed by atoms with Crippen LogP contribution >= 0.6 is 0 Å². The maximum absolute atomic E-state index is 15.8. The number of aromatic hydroxyl groups is 1. The Labute approximate surface area is 426 Å². The molecule has 13 nitrogen and oxygen atoms in total. The van der Waals surface area contributed by atoms with Gasteiger partial charge in [-0.1, -0.05) is 36.8 Å². The third kappa shape index (κ3) is 10.6. The minimum Gasteiger partial charge on any atom is -0.508 e. The Morgan fingerprint density at radius 1 is 0.822 bits per heavy atom. The molecule has 380 valence electrons. The molecule has 6 aromatic rings. The van der Waals surface area contributed by atoms with E-state index in [0.717, 1.165) is 49.2 Å².